The Morgan fingerprint density at radius 1 is 0.895 bits per heavy atom. The van der Waals surface area contributed by atoms with E-state index in [2.05, 4.69) is 36.2 Å². The zero-order valence-electron chi connectivity index (χ0n) is 11.1. The maximum atomic E-state index is 5.99. The van der Waals surface area contributed by atoms with Crippen molar-refractivity contribution in [1.82, 2.24) is 4.98 Å². The highest BCUT2D eigenvalue weighted by Gasteiger charge is 2.05. The second-order valence-corrected chi connectivity index (χ2v) is 4.66. The van der Waals surface area contributed by atoms with Crippen LogP contribution in [0.25, 0.3) is 10.8 Å². The van der Waals surface area contributed by atoms with Gasteiger partial charge >= 0.3 is 0 Å². The molecule has 2 nitrogen and oxygen atoms in total. The summed E-state index contributed by atoms with van der Waals surface area (Å²) in [6.07, 6.45) is 1.76. The van der Waals surface area contributed by atoms with Gasteiger partial charge in [0.05, 0.1) is 0 Å². The first-order valence-corrected chi connectivity index (χ1v) is 6.33. The first-order valence-electron chi connectivity index (χ1n) is 6.33. The van der Waals surface area contributed by atoms with E-state index in [1.54, 1.807) is 6.20 Å². The van der Waals surface area contributed by atoms with E-state index in [0.29, 0.717) is 0 Å². The molecule has 0 N–H and O–H groups in total. The number of ether oxygens (including phenoxy) is 1. The highest BCUT2D eigenvalue weighted by Crippen LogP contribution is 2.31. The maximum absolute atomic E-state index is 5.99. The number of pyridine rings is 1. The first kappa shape index (κ1) is 11.7. The van der Waals surface area contributed by atoms with Gasteiger partial charge < -0.3 is 4.74 Å². The van der Waals surface area contributed by atoms with Gasteiger partial charge in [-0.25, -0.2) is 0 Å². The number of aryl methyl sites for hydroxylation is 2. The van der Waals surface area contributed by atoms with Crippen molar-refractivity contribution in [1.29, 1.82) is 0 Å². The van der Waals surface area contributed by atoms with Crippen molar-refractivity contribution in [3.8, 4) is 11.5 Å². The second kappa shape index (κ2) is 4.73. The van der Waals surface area contributed by atoms with Crippen LogP contribution < -0.4 is 4.74 Å². The molecule has 0 saturated heterocycles. The Morgan fingerprint density at radius 2 is 1.68 bits per heavy atom. The van der Waals surface area contributed by atoms with Gasteiger partial charge in [0, 0.05) is 23.3 Å². The predicted octanol–water partition coefficient (Wildman–Crippen LogP) is 4.64. The van der Waals surface area contributed by atoms with Gasteiger partial charge in [-0.15, -0.1) is 0 Å². The first-order chi connectivity index (χ1) is 9.24. The Balaban J connectivity index is 2.09. The molecule has 1 heterocycles. The van der Waals surface area contributed by atoms with E-state index < -0.39 is 0 Å². The Morgan fingerprint density at radius 3 is 2.47 bits per heavy atom. The second-order valence-electron chi connectivity index (χ2n) is 4.66. The van der Waals surface area contributed by atoms with Gasteiger partial charge in [-0.3, -0.25) is 4.98 Å². The van der Waals surface area contributed by atoms with Crippen molar-refractivity contribution < 1.29 is 4.74 Å². The molecule has 0 aliphatic heterocycles. The minimum Gasteiger partial charge on any atom is -0.457 e. The van der Waals surface area contributed by atoms with E-state index in [1.165, 1.54) is 10.9 Å². The number of hydrogen-bond donors (Lipinski definition) is 0. The molecule has 1 aromatic heterocycles. The van der Waals surface area contributed by atoms with Crippen molar-refractivity contribution in [2.24, 2.45) is 0 Å². The molecule has 0 amide bonds. The number of fused-ring (bicyclic) bond motifs is 1. The fourth-order valence-electron chi connectivity index (χ4n) is 2.22. The van der Waals surface area contributed by atoms with Crippen molar-refractivity contribution in [2.75, 3.05) is 0 Å². The van der Waals surface area contributed by atoms with Gasteiger partial charge in [-0.1, -0.05) is 30.3 Å². The lowest BCUT2D eigenvalue weighted by Crippen LogP contribution is -1.89. The van der Waals surface area contributed by atoms with Crippen LogP contribution in [0.5, 0.6) is 11.5 Å². The molecular formula is C17H15NO. The molecule has 0 unspecified atom stereocenters. The lowest BCUT2D eigenvalue weighted by Gasteiger charge is -2.10. The van der Waals surface area contributed by atoms with Crippen molar-refractivity contribution in [2.45, 2.75) is 13.8 Å². The van der Waals surface area contributed by atoms with Gasteiger partial charge in [-0.2, -0.15) is 0 Å². The molecule has 3 rings (SSSR count). The highest BCUT2D eigenvalue weighted by molar-refractivity contribution is 5.91. The quantitative estimate of drug-likeness (QED) is 0.659. The normalized spacial score (nSPS) is 10.6. The van der Waals surface area contributed by atoms with Crippen LogP contribution in [0.2, 0.25) is 0 Å². The van der Waals surface area contributed by atoms with Gasteiger partial charge in [0.1, 0.15) is 11.5 Å². The Labute approximate surface area is 112 Å². The van der Waals surface area contributed by atoms with Crippen LogP contribution in [0.1, 0.15) is 11.3 Å². The van der Waals surface area contributed by atoms with Crippen LogP contribution in [0.4, 0.5) is 0 Å². The largest absolute Gasteiger partial charge is 0.457 e. The monoisotopic (exact) mass is 249 g/mol. The van der Waals surface area contributed by atoms with Crippen LogP contribution in [-0.2, 0) is 0 Å². The molecule has 0 saturated carbocycles. The summed E-state index contributed by atoms with van der Waals surface area (Å²) in [5, 5.41) is 2.36. The molecule has 0 atom stereocenters. The van der Waals surface area contributed by atoms with E-state index in [1.807, 2.05) is 31.2 Å². The van der Waals surface area contributed by atoms with E-state index >= 15 is 0 Å². The summed E-state index contributed by atoms with van der Waals surface area (Å²) in [6.45, 7) is 4.07. The molecule has 0 aliphatic carbocycles. The van der Waals surface area contributed by atoms with Gasteiger partial charge in [-0.05, 0) is 36.9 Å². The topological polar surface area (TPSA) is 22.1 Å². The summed E-state index contributed by atoms with van der Waals surface area (Å²) < 4.78 is 5.99. The zero-order valence-corrected chi connectivity index (χ0v) is 11.1. The number of nitrogens with zero attached hydrogens (tertiary/aromatic N) is 1. The third-order valence-corrected chi connectivity index (χ3v) is 3.20. The smallest absolute Gasteiger partial charge is 0.135 e. The highest BCUT2D eigenvalue weighted by atomic mass is 16.5. The SMILES string of the molecule is Cc1cc(Oc2ccc(C)c3ccccc23)ccn1. The van der Waals surface area contributed by atoms with Gasteiger partial charge in [0.15, 0.2) is 0 Å². The third kappa shape index (κ3) is 2.29. The molecule has 0 bridgehead atoms. The van der Waals surface area contributed by atoms with Crippen LogP contribution in [-0.4, -0.2) is 4.98 Å². The summed E-state index contributed by atoms with van der Waals surface area (Å²) in [5.41, 5.74) is 2.21. The fraction of sp³-hybridized carbons (Fsp3) is 0.118. The lowest BCUT2D eigenvalue weighted by molar-refractivity contribution is 0.487. The summed E-state index contributed by atoms with van der Waals surface area (Å²) in [4.78, 5) is 4.18. The summed E-state index contributed by atoms with van der Waals surface area (Å²) >= 11 is 0. The Kier molecular flexibility index (Phi) is 2.92. The zero-order chi connectivity index (χ0) is 13.2. The lowest BCUT2D eigenvalue weighted by atomic mass is 10.0. The summed E-state index contributed by atoms with van der Waals surface area (Å²) in [7, 11) is 0. The molecule has 0 fully saturated rings. The maximum Gasteiger partial charge on any atom is 0.135 e. The van der Waals surface area contributed by atoms with E-state index in [9.17, 15) is 0 Å². The predicted molar refractivity (Wildman–Crippen MR) is 77.7 cm³/mol. The number of benzene rings is 2. The molecule has 94 valence electrons. The molecule has 19 heavy (non-hydrogen) atoms. The Bertz CT molecular complexity index is 734. The number of hydrogen-bond acceptors (Lipinski definition) is 2. The van der Waals surface area contributed by atoms with Crippen LogP contribution in [0.3, 0.4) is 0 Å². The van der Waals surface area contributed by atoms with Crippen LogP contribution >= 0.6 is 0 Å². The Hall–Kier alpha value is -2.35. The van der Waals surface area contributed by atoms with Crippen LogP contribution in [0, 0.1) is 13.8 Å². The molecule has 2 heteroatoms. The van der Waals surface area contributed by atoms with Crippen LogP contribution in [0.15, 0.2) is 54.7 Å². The molecule has 2 aromatic carbocycles. The molecule has 0 radical (unpaired) electrons. The molecule has 0 aliphatic rings. The molecule has 3 aromatic rings. The molecule has 0 spiro atoms. The number of rotatable bonds is 2. The standard InChI is InChI=1S/C17H15NO/c1-12-7-8-17(16-6-4-3-5-15(12)16)19-14-9-10-18-13(2)11-14/h3-11H,1-2H3. The van der Waals surface area contributed by atoms with E-state index in [-0.39, 0.29) is 0 Å². The average Bonchev–Trinajstić information content (AvgIpc) is 2.42. The third-order valence-electron chi connectivity index (χ3n) is 3.20. The van der Waals surface area contributed by atoms with E-state index in [0.717, 1.165) is 22.6 Å². The number of aromatic nitrogens is 1. The molecular weight excluding hydrogens is 234 g/mol. The minimum absolute atomic E-state index is 0.821. The average molecular weight is 249 g/mol. The minimum atomic E-state index is 0.821. The van der Waals surface area contributed by atoms with Crippen molar-refractivity contribution in [3.05, 3.63) is 66.0 Å². The summed E-state index contributed by atoms with van der Waals surface area (Å²) in [6, 6.07) is 16.2. The summed E-state index contributed by atoms with van der Waals surface area (Å²) in [5.74, 6) is 1.70. The van der Waals surface area contributed by atoms with E-state index in [4.69, 9.17) is 4.74 Å². The fourth-order valence-corrected chi connectivity index (χ4v) is 2.22. The van der Waals surface area contributed by atoms with Crippen molar-refractivity contribution in [3.63, 3.8) is 0 Å². The van der Waals surface area contributed by atoms with Gasteiger partial charge in [0.2, 0.25) is 0 Å². The van der Waals surface area contributed by atoms with Gasteiger partial charge in [0.25, 0.3) is 0 Å². The van der Waals surface area contributed by atoms with Crippen molar-refractivity contribution >= 4 is 10.8 Å².